The minimum absolute atomic E-state index is 0.111. The number of aryl methyl sites for hydroxylation is 1. The van der Waals surface area contributed by atoms with Gasteiger partial charge in [0, 0.05) is 31.2 Å². The normalized spacial score (nSPS) is 12.9. The molecule has 114 valence electrons. The lowest BCUT2D eigenvalue weighted by Gasteiger charge is -2.12. The van der Waals surface area contributed by atoms with Gasteiger partial charge in [-0.05, 0) is 20.8 Å². The van der Waals surface area contributed by atoms with Crippen LogP contribution in [0.3, 0.4) is 0 Å². The highest BCUT2D eigenvalue weighted by atomic mass is 16.3. The van der Waals surface area contributed by atoms with Crippen molar-refractivity contribution in [3.63, 3.8) is 0 Å². The molecule has 0 aromatic carbocycles. The second-order valence-electron chi connectivity index (χ2n) is 4.67. The van der Waals surface area contributed by atoms with Gasteiger partial charge in [-0.3, -0.25) is 5.32 Å². The van der Waals surface area contributed by atoms with Crippen molar-refractivity contribution in [2.24, 2.45) is 0 Å². The average molecular weight is 290 g/mol. The van der Waals surface area contributed by atoms with Gasteiger partial charge in [-0.1, -0.05) is 0 Å². The van der Waals surface area contributed by atoms with Crippen molar-refractivity contribution in [3.8, 4) is 6.07 Å². The molecular weight excluding hydrogens is 268 g/mol. The van der Waals surface area contributed by atoms with Crippen LogP contribution in [0.15, 0.2) is 24.9 Å². The van der Waals surface area contributed by atoms with Crippen LogP contribution in [0.25, 0.3) is 0 Å². The van der Waals surface area contributed by atoms with Gasteiger partial charge in [0.05, 0.1) is 30.7 Å². The molecule has 0 radical (unpaired) electrons. The topological polar surface area (TPSA) is 103 Å². The Morgan fingerprint density at radius 1 is 1.52 bits per heavy atom. The smallest absolute Gasteiger partial charge is 0.103 e. The number of imidazole rings is 2. The molecule has 2 atom stereocenters. The summed E-state index contributed by atoms with van der Waals surface area (Å²) in [5.41, 5.74) is 0.944. The predicted molar refractivity (Wildman–Crippen MR) is 79.3 cm³/mol. The van der Waals surface area contributed by atoms with Crippen LogP contribution in [0.4, 0.5) is 0 Å². The third kappa shape index (κ3) is 6.21. The summed E-state index contributed by atoms with van der Waals surface area (Å²) in [4.78, 5) is 11.1. The van der Waals surface area contributed by atoms with Crippen LogP contribution in [0.5, 0.6) is 0 Å². The monoisotopic (exact) mass is 290 g/mol. The molecule has 0 fully saturated rings. The minimum atomic E-state index is -0.146. The summed E-state index contributed by atoms with van der Waals surface area (Å²) in [5.74, 6) is 0.897. The summed E-state index contributed by atoms with van der Waals surface area (Å²) in [6, 6.07) is 2.09. The second-order valence-corrected chi connectivity index (χ2v) is 4.67. The Bertz CT molecular complexity index is 542. The van der Waals surface area contributed by atoms with Crippen molar-refractivity contribution in [2.75, 3.05) is 6.61 Å². The van der Waals surface area contributed by atoms with Crippen molar-refractivity contribution in [1.29, 1.82) is 5.26 Å². The molecule has 3 N–H and O–H groups in total. The quantitative estimate of drug-likeness (QED) is 0.766. The predicted octanol–water partition coefficient (Wildman–Crippen LogP) is 1.16. The highest BCUT2D eigenvalue weighted by molar-refractivity contribution is 5.06. The molecule has 2 aromatic heterocycles. The molecule has 0 bridgehead atoms. The SMILES string of the molecule is Cc1nc(C(C)NC(C)C#N)c[nH]1.OCCn1ccnc1. The van der Waals surface area contributed by atoms with E-state index in [2.05, 4.69) is 26.3 Å². The largest absolute Gasteiger partial charge is 0.395 e. The summed E-state index contributed by atoms with van der Waals surface area (Å²) in [6.07, 6.45) is 7.04. The Hall–Kier alpha value is -2.17. The first-order valence-electron chi connectivity index (χ1n) is 6.81. The molecule has 21 heavy (non-hydrogen) atoms. The molecule has 0 amide bonds. The lowest BCUT2D eigenvalue weighted by atomic mass is 10.2. The Kier molecular flexibility index (Phi) is 7.15. The van der Waals surface area contributed by atoms with E-state index in [1.165, 1.54) is 0 Å². The first kappa shape index (κ1) is 16.9. The van der Waals surface area contributed by atoms with E-state index in [-0.39, 0.29) is 18.7 Å². The Morgan fingerprint density at radius 3 is 2.76 bits per heavy atom. The summed E-state index contributed by atoms with van der Waals surface area (Å²) < 4.78 is 1.82. The van der Waals surface area contributed by atoms with Crippen LogP contribution in [-0.2, 0) is 6.54 Å². The van der Waals surface area contributed by atoms with Gasteiger partial charge in [0.1, 0.15) is 5.82 Å². The van der Waals surface area contributed by atoms with Gasteiger partial charge in [0.25, 0.3) is 0 Å². The summed E-state index contributed by atoms with van der Waals surface area (Å²) >= 11 is 0. The molecule has 0 spiro atoms. The number of nitriles is 1. The van der Waals surface area contributed by atoms with Gasteiger partial charge in [-0.2, -0.15) is 5.26 Å². The number of H-pyrrole nitrogens is 1. The maximum atomic E-state index is 8.60. The number of aromatic amines is 1. The Balaban J connectivity index is 0.000000235. The van der Waals surface area contributed by atoms with E-state index < -0.39 is 0 Å². The lowest BCUT2D eigenvalue weighted by Crippen LogP contribution is -2.27. The zero-order chi connectivity index (χ0) is 15.7. The van der Waals surface area contributed by atoms with Crippen LogP contribution < -0.4 is 5.32 Å². The Morgan fingerprint density at radius 2 is 2.29 bits per heavy atom. The summed E-state index contributed by atoms with van der Waals surface area (Å²) in [6.45, 7) is 6.54. The number of rotatable bonds is 5. The number of aromatic nitrogens is 4. The van der Waals surface area contributed by atoms with Crippen LogP contribution in [0.2, 0.25) is 0 Å². The number of aliphatic hydroxyl groups excluding tert-OH is 1. The second kappa shape index (κ2) is 8.89. The van der Waals surface area contributed by atoms with Crippen molar-refractivity contribution in [2.45, 2.75) is 39.4 Å². The standard InChI is InChI=1S/C9H14N4.C5H8N2O/c1-6(4-10)12-7(2)9-5-11-8(3)13-9;8-4-3-7-2-1-6-5-7/h5-7,12H,1-3H3,(H,11,13);1-2,5,8H,3-4H2. The molecule has 0 saturated carbocycles. The Labute approximate surface area is 124 Å². The van der Waals surface area contributed by atoms with Gasteiger partial charge >= 0.3 is 0 Å². The van der Waals surface area contributed by atoms with E-state index in [4.69, 9.17) is 10.4 Å². The fourth-order valence-electron chi connectivity index (χ4n) is 1.69. The number of nitrogens with zero attached hydrogens (tertiary/aromatic N) is 4. The minimum Gasteiger partial charge on any atom is -0.395 e. The first-order chi connectivity index (χ1) is 10.1. The van der Waals surface area contributed by atoms with Crippen molar-refractivity contribution >= 4 is 0 Å². The molecule has 2 heterocycles. The van der Waals surface area contributed by atoms with Crippen LogP contribution in [0, 0.1) is 18.3 Å². The highest BCUT2D eigenvalue weighted by Crippen LogP contribution is 2.09. The zero-order valence-corrected chi connectivity index (χ0v) is 12.6. The third-order valence-corrected chi connectivity index (χ3v) is 2.78. The number of nitrogens with one attached hydrogen (secondary N) is 2. The molecule has 2 aromatic rings. The third-order valence-electron chi connectivity index (χ3n) is 2.78. The molecule has 2 unspecified atom stereocenters. The molecule has 0 aliphatic heterocycles. The van der Waals surface area contributed by atoms with Crippen molar-refractivity contribution in [1.82, 2.24) is 24.8 Å². The molecule has 2 rings (SSSR count). The van der Waals surface area contributed by atoms with E-state index in [0.717, 1.165) is 11.5 Å². The molecule has 0 saturated heterocycles. The molecule has 7 nitrogen and oxygen atoms in total. The zero-order valence-electron chi connectivity index (χ0n) is 12.6. The summed E-state index contributed by atoms with van der Waals surface area (Å²) in [5, 5.41) is 20.1. The molecule has 0 aliphatic carbocycles. The molecular formula is C14H22N6O. The summed E-state index contributed by atoms with van der Waals surface area (Å²) in [7, 11) is 0. The highest BCUT2D eigenvalue weighted by Gasteiger charge is 2.10. The van der Waals surface area contributed by atoms with E-state index in [1.807, 2.05) is 37.7 Å². The van der Waals surface area contributed by atoms with Crippen LogP contribution >= 0.6 is 0 Å². The fourth-order valence-corrected chi connectivity index (χ4v) is 1.69. The van der Waals surface area contributed by atoms with E-state index in [1.54, 1.807) is 12.5 Å². The van der Waals surface area contributed by atoms with E-state index in [9.17, 15) is 0 Å². The fraction of sp³-hybridized carbons (Fsp3) is 0.500. The van der Waals surface area contributed by atoms with Crippen molar-refractivity contribution < 1.29 is 5.11 Å². The average Bonchev–Trinajstić information content (AvgIpc) is 3.11. The van der Waals surface area contributed by atoms with Gasteiger partial charge in [-0.15, -0.1) is 0 Å². The van der Waals surface area contributed by atoms with E-state index >= 15 is 0 Å². The lowest BCUT2D eigenvalue weighted by molar-refractivity contribution is 0.276. The van der Waals surface area contributed by atoms with Crippen LogP contribution in [-0.4, -0.2) is 37.3 Å². The number of hydrogen-bond acceptors (Lipinski definition) is 5. The van der Waals surface area contributed by atoms with Gasteiger partial charge in [0.15, 0.2) is 0 Å². The van der Waals surface area contributed by atoms with Gasteiger partial charge < -0.3 is 14.7 Å². The molecule has 0 aliphatic rings. The number of hydrogen-bond donors (Lipinski definition) is 3. The first-order valence-corrected chi connectivity index (χ1v) is 6.81. The molecule has 7 heteroatoms. The van der Waals surface area contributed by atoms with Gasteiger partial charge in [-0.25, -0.2) is 9.97 Å². The maximum Gasteiger partial charge on any atom is 0.103 e. The van der Waals surface area contributed by atoms with Crippen LogP contribution in [0.1, 0.15) is 31.4 Å². The van der Waals surface area contributed by atoms with E-state index in [0.29, 0.717) is 6.54 Å². The number of aliphatic hydroxyl groups is 1. The van der Waals surface area contributed by atoms with Gasteiger partial charge in [0.2, 0.25) is 0 Å². The maximum absolute atomic E-state index is 8.60. The van der Waals surface area contributed by atoms with Crippen molar-refractivity contribution in [3.05, 3.63) is 36.4 Å².